The van der Waals surface area contributed by atoms with Gasteiger partial charge in [-0.2, -0.15) is 5.10 Å². The summed E-state index contributed by atoms with van der Waals surface area (Å²) in [4.78, 5) is 4.49. The molecule has 2 aromatic rings. The highest BCUT2D eigenvalue weighted by atomic mass is 35.5. The lowest BCUT2D eigenvalue weighted by atomic mass is 10.3. The minimum atomic E-state index is 0.351. The van der Waals surface area contributed by atoms with Crippen molar-refractivity contribution in [2.45, 2.75) is 25.3 Å². The highest BCUT2D eigenvalue weighted by Gasteiger charge is 2.29. The molecule has 1 saturated carbocycles. The van der Waals surface area contributed by atoms with Crippen LogP contribution in [-0.2, 0) is 6.54 Å². The largest absolute Gasteiger partial charge is 0.495 e. The van der Waals surface area contributed by atoms with Crippen LogP contribution in [0.25, 0.3) is 5.69 Å². The van der Waals surface area contributed by atoms with Gasteiger partial charge in [-0.25, -0.2) is 9.67 Å². The molecule has 0 saturated heterocycles. The van der Waals surface area contributed by atoms with Crippen molar-refractivity contribution in [1.82, 2.24) is 14.8 Å². The van der Waals surface area contributed by atoms with Crippen LogP contribution in [0.3, 0.4) is 0 Å². The van der Waals surface area contributed by atoms with Gasteiger partial charge in [0.2, 0.25) is 0 Å². The molecule has 100 valence electrons. The predicted molar refractivity (Wildman–Crippen MR) is 72.8 cm³/mol. The van der Waals surface area contributed by atoms with E-state index in [4.69, 9.17) is 22.1 Å². The first kappa shape index (κ1) is 12.4. The highest BCUT2D eigenvalue weighted by Crippen LogP contribution is 2.38. The molecule has 2 N–H and O–H groups in total. The summed E-state index contributed by atoms with van der Waals surface area (Å²) < 4.78 is 6.91. The van der Waals surface area contributed by atoms with Crippen LogP contribution in [0.5, 0.6) is 5.75 Å². The third-order valence-electron chi connectivity index (χ3n) is 3.20. The van der Waals surface area contributed by atoms with Crippen molar-refractivity contribution in [3.8, 4) is 11.4 Å². The molecule has 3 rings (SSSR count). The van der Waals surface area contributed by atoms with E-state index in [9.17, 15) is 0 Å². The topological polar surface area (TPSA) is 66.0 Å². The molecule has 1 heterocycles. The molecule has 0 amide bonds. The Balaban J connectivity index is 2.02. The van der Waals surface area contributed by atoms with E-state index >= 15 is 0 Å². The Morgan fingerprint density at radius 1 is 1.47 bits per heavy atom. The molecule has 0 spiro atoms. The lowest BCUT2D eigenvalue weighted by Crippen LogP contribution is -2.08. The van der Waals surface area contributed by atoms with E-state index in [1.807, 2.05) is 18.2 Å². The van der Waals surface area contributed by atoms with Gasteiger partial charge in [0, 0.05) is 5.92 Å². The molecule has 6 heteroatoms. The molecular weight excluding hydrogens is 264 g/mol. The van der Waals surface area contributed by atoms with Gasteiger partial charge < -0.3 is 10.5 Å². The fourth-order valence-corrected chi connectivity index (χ4v) is 2.25. The second-order valence-electron chi connectivity index (χ2n) is 4.60. The summed E-state index contributed by atoms with van der Waals surface area (Å²) in [6.07, 6.45) is 2.33. The third kappa shape index (κ3) is 2.31. The van der Waals surface area contributed by atoms with Gasteiger partial charge in [0.15, 0.2) is 5.82 Å². The average molecular weight is 279 g/mol. The number of benzene rings is 1. The van der Waals surface area contributed by atoms with Gasteiger partial charge in [0.1, 0.15) is 11.6 Å². The number of hydrogen-bond donors (Lipinski definition) is 1. The Morgan fingerprint density at radius 2 is 2.26 bits per heavy atom. The van der Waals surface area contributed by atoms with Gasteiger partial charge in [0.05, 0.1) is 24.4 Å². The van der Waals surface area contributed by atoms with Crippen LogP contribution in [-0.4, -0.2) is 21.9 Å². The Bertz CT molecular complexity index is 607. The number of halogens is 1. The molecular formula is C13H15ClN4O. The second-order valence-corrected chi connectivity index (χ2v) is 5.00. The number of methoxy groups -OCH3 is 1. The number of rotatable bonds is 4. The van der Waals surface area contributed by atoms with Crippen LogP contribution >= 0.6 is 11.6 Å². The molecule has 1 aliphatic carbocycles. The Morgan fingerprint density at radius 3 is 2.84 bits per heavy atom. The van der Waals surface area contributed by atoms with Crippen LogP contribution in [0.1, 0.15) is 30.4 Å². The minimum Gasteiger partial charge on any atom is -0.495 e. The summed E-state index contributed by atoms with van der Waals surface area (Å²) in [6, 6.07) is 5.52. The smallest absolute Gasteiger partial charge is 0.154 e. The maximum atomic E-state index is 6.14. The van der Waals surface area contributed by atoms with Crippen LogP contribution in [0, 0.1) is 0 Å². The molecule has 0 radical (unpaired) electrons. The van der Waals surface area contributed by atoms with E-state index in [0.29, 0.717) is 23.2 Å². The molecule has 5 nitrogen and oxygen atoms in total. The van der Waals surface area contributed by atoms with Gasteiger partial charge in [-0.1, -0.05) is 11.6 Å². The Hall–Kier alpha value is -1.59. The van der Waals surface area contributed by atoms with Gasteiger partial charge >= 0.3 is 0 Å². The van der Waals surface area contributed by atoms with Crippen LogP contribution in [0.2, 0.25) is 5.02 Å². The molecule has 0 bridgehead atoms. The quantitative estimate of drug-likeness (QED) is 0.932. The maximum absolute atomic E-state index is 6.14. The SMILES string of the molecule is COc1ccc(-n2nc(C3CC3)nc2CN)cc1Cl. The number of aromatic nitrogens is 3. The van der Waals surface area contributed by atoms with E-state index in [0.717, 1.165) is 30.2 Å². The molecule has 1 aromatic heterocycles. The van der Waals surface area contributed by atoms with Gasteiger partial charge in [-0.05, 0) is 31.0 Å². The summed E-state index contributed by atoms with van der Waals surface area (Å²) in [5.74, 6) is 2.78. The Kier molecular flexibility index (Phi) is 3.16. The normalized spacial score (nSPS) is 14.7. The molecule has 0 unspecified atom stereocenters. The third-order valence-corrected chi connectivity index (χ3v) is 3.49. The van der Waals surface area contributed by atoms with Crippen LogP contribution in [0.4, 0.5) is 0 Å². The van der Waals surface area contributed by atoms with Crippen molar-refractivity contribution in [3.63, 3.8) is 0 Å². The van der Waals surface area contributed by atoms with Crippen molar-refractivity contribution in [1.29, 1.82) is 0 Å². The average Bonchev–Trinajstić information content (AvgIpc) is 3.18. The van der Waals surface area contributed by atoms with Crippen LogP contribution < -0.4 is 10.5 Å². The number of nitrogens with two attached hydrogens (primary N) is 1. The van der Waals surface area contributed by atoms with E-state index in [2.05, 4.69) is 10.1 Å². The summed E-state index contributed by atoms with van der Waals surface area (Å²) >= 11 is 6.14. The van der Waals surface area contributed by atoms with Crippen molar-refractivity contribution in [2.24, 2.45) is 5.73 Å². The fraction of sp³-hybridized carbons (Fsp3) is 0.385. The van der Waals surface area contributed by atoms with E-state index < -0.39 is 0 Å². The first-order valence-corrected chi connectivity index (χ1v) is 6.60. The van der Waals surface area contributed by atoms with E-state index in [-0.39, 0.29) is 0 Å². The summed E-state index contributed by atoms with van der Waals surface area (Å²) in [7, 11) is 1.59. The molecule has 19 heavy (non-hydrogen) atoms. The van der Waals surface area contributed by atoms with Crippen molar-refractivity contribution >= 4 is 11.6 Å². The molecule has 0 aliphatic heterocycles. The maximum Gasteiger partial charge on any atom is 0.154 e. The molecule has 0 atom stereocenters. The van der Waals surface area contributed by atoms with Gasteiger partial charge in [-0.15, -0.1) is 0 Å². The summed E-state index contributed by atoms with van der Waals surface area (Å²) in [5.41, 5.74) is 6.59. The molecule has 1 fully saturated rings. The van der Waals surface area contributed by atoms with Crippen molar-refractivity contribution in [3.05, 3.63) is 34.9 Å². The zero-order valence-electron chi connectivity index (χ0n) is 10.6. The van der Waals surface area contributed by atoms with E-state index in [1.54, 1.807) is 11.8 Å². The highest BCUT2D eigenvalue weighted by molar-refractivity contribution is 6.32. The van der Waals surface area contributed by atoms with Gasteiger partial charge in [0.25, 0.3) is 0 Å². The first-order valence-electron chi connectivity index (χ1n) is 6.22. The number of nitrogens with zero attached hydrogens (tertiary/aromatic N) is 3. The van der Waals surface area contributed by atoms with Crippen LogP contribution in [0.15, 0.2) is 18.2 Å². The second kappa shape index (κ2) is 4.83. The standard InChI is InChI=1S/C13H15ClN4O/c1-19-11-5-4-9(6-10(11)14)18-12(7-15)16-13(17-18)8-2-3-8/h4-6,8H,2-3,7,15H2,1H3. The fourth-order valence-electron chi connectivity index (χ4n) is 2.00. The monoisotopic (exact) mass is 278 g/mol. The van der Waals surface area contributed by atoms with Gasteiger partial charge in [-0.3, -0.25) is 0 Å². The lowest BCUT2D eigenvalue weighted by Gasteiger charge is -2.07. The van der Waals surface area contributed by atoms with E-state index in [1.165, 1.54) is 0 Å². The lowest BCUT2D eigenvalue weighted by molar-refractivity contribution is 0.415. The summed E-state index contributed by atoms with van der Waals surface area (Å²) in [5, 5.41) is 5.08. The predicted octanol–water partition coefficient (Wildman–Crippen LogP) is 2.27. The zero-order chi connectivity index (χ0) is 13.4. The van der Waals surface area contributed by atoms with Crippen molar-refractivity contribution < 1.29 is 4.74 Å². The number of ether oxygens (including phenoxy) is 1. The zero-order valence-corrected chi connectivity index (χ0v) is 11.4. The first-order chi connectivity index (χ1) is 9.22. The molecule has 1 aromatic carbocycles. The minimum absolute atomic E-state index is 0.351. The number of hydrogen-bond acceptors (Lipinski definition) is 4. The molecule has 1 aliphatic rings. The Labute approximate surface area is 116 Å². The van der Waals surface area contributed by atoms with Crippen molar-refractivity contribution in [2.75, 3.05) is 7.11 Å². The summed E-state index contributed by atoms with van der Waals surface area (Å²) in [6.45, 7) is 0.351.